The largest absolute Gasteiger partial charge is 0.495 e. The Kier molecular flexibility index (Phi) is 5.40. The first kappa shape index (κ1) is 20.5. The number of nitrogens with zero attached hydrogens (tertiary/aromatic N) is 1. The molecule has 0 radical (unpaired) electrons. The molecule has 10 heteroatoms. The highest BCUT2D eigenvalue weighted by Crippen LogP contribution is 2.27. The summed E-state index contributed by atoms with van der Waals surface area (Å²) in [6, 6.07) is 9.28. The number of fused-ring (bicyclic) bond motifs is 1. The Morgan fingerprint density at radius 3 is 2.14 bits per heavy atom. The van der Waals surface area contributed by atoms with E-state index in [0.29, 0.717) is 5.06 Å². The van der Waals surface area contributed by atoms with Gasteiger partial charge in [0, 0.05) is 6.04 Å². The molecule has 1 heterocycles. The number of carbonyl (C=O) groups is 3. The normalized spacial score (nSPS) is 13.6. The van der Waals surface area contributed by atoms with Crippen LogP contribution < -0.4 is 9.46 Å². The van der Waals surface area contributed by atoms with Crippen LogP contribution in [0.3, 0.4) is 0 Å². The number of methoxy groups -OCH3 is 1. The lowest BCUT2D eigenvalue weighted by molar-refractivity contribution is -0.0584. The molecule has 1 aliphatic rings. The molecule has 2 aromatic carbocycles. The fourth-order valence-electron chi connectivity index (χ4n) is 2.77. The molecule has 0 spiro atoms. The summed E-state index contributed by atoms with van der Waals surface area (Å²) in [7, 11) is -2.69. The number of ether oxygens (including phenoxy) is 1. The highest BCUT2D eigenvalue weighted by Gasteiger charge is 2.39. The van der Waals surface area contributed by atoms with Crippen LogP contribution in [-0.4, -0.2) is 44.4 Å². The number of amides is 2. The van der Waals surface area contributed by atoms with E-state index in [9.17, 15) is 22.8 Å². The standard InChI is InChI=1S/C19H18N2O7S/c1-11(2)20-29(25,26)16-10-12(8-9-15(16)27-3)19(24)28-21-17(22)13-6-4-5-7-14(13)18(21)23/h4-11,20H,1-3H3. The minimum Gasteiger partial charge on any atom is -0.495 e. The number of nitrogens with one attached hydrogen (secondary N) is 1. The average molecular weight is 418 g/mol. The lowest BCUT2D eigenvalue weighted by Gasteiger charge is -2.15. The van der Waals surface area contributed by atoms with E-state index in [-0.39, 0.29) is 27.3 Å². The van der Waals surface area contributed by atoms with Crippen LogP contribution in [0, 0.1) is 0 Å². The van der Waals surface area contributed by atoms with Crippen molar-refractivity contribution in [1.29, 1.82) is 0 Å². The zero-order chi connectivity index (χ0) is 21.3. The van der Waals surface area contributed by atoms with Gasteiger partial charge in [0.25, 0.3) is 11.8 Å². The van der Waals surface area contributed by atoms with Crippen LogP contribution >= 0.6 is 0 Å². The molecule has 0 saturated heterocycles. The second-order valence-electron chi connectivity index (χ2n) is 6.47. The van der Waals surface area contributed by atoms with E-state index >= 15 is 0 Å². The third-order valence-electron chi connectivity index (χ3n) is 4.01. The van der Waals surface area contributed by atoms with Gasteiger partial charge in [-0.3, -0.25) is 9.59 Å². The van der Waals surface area contributed by atoms with Gasteiger partial charge in [-0.1, -0.05) is 17.2 Å². The van der Waals surface area contributed by atoms with Crippen LogP contribution in [0.5, 0.6) is 5.75 Å². The van der Waals surface area contributed by atoms with Crippen molar-refractivity contribution in [3.05, 3.63) is 59.2 Å². The van der Waals surface area contributed by atoms with Crippen LogP contribution in [0.4, 0.5) is 0 Å². The minimum atomic E-state index is -3.98. The minimum absolute atomic E-state index is 0.0235. The van der Waals surface area contributed by atoms with Gasteiger partial charge in [0.05, 0.1) is 23.8 Å². The molecule has 9 nitrogen and oxygen atoms in total. The predicted molar refractivity (Wildman–Crippen MR) is 101 cm³/mol. The number of hydrogen-bond donors (Lipinski definition) is 1. The van der Waals surface area contributed by atoms with Crippen molar-refractivity contribution >= 4 is 27.8 Å². The highest BCUT2D eigenvalue weighted by atomic mass is 32.2. The first-order chi connectivity index (χ1) is 13.7. The van der Waals surface area contributed by atoms with Crippen molar-refractivity contribution < 1.29 is 32.4 Å². The van der Waals surface area contributed by atoms with Gasteiger partial charge in [-0.2, -0.15) is 0 Å². The number of hydrogen-bond acceptors (Lipinski definition) is 7. The average Bonchev–Trinajstić information content (AvgIpc) is 2.91. The van der Waals surface area contributed by atoms with E-state index in [1.54, 1.807) is 26.0 Å². The maximum atomic E-state index is 12.5. The van der Waals surface area contributed by atoms with E-state index in [4.69, 9.17) is 9.57 Å². The Hall–Kier alpha value is -3.24. The molecule has 1 N–H and O–H groups in total. The molecule has 152 valence electrons. The molecule has 0 saturated carbocycles. The Labute approximate surface area is 167 Å². The van der Waals surface area contributed by atoms with Crippen LogP contribution in [-0.2, 0) is 14.9 Å². The highest BCUT2D eigenvalue weighted by molar-refractivity contribution is 7.89. The van der Waals surface area contributed by atoms with Gasteiger partial charge < -0.3 is 9.57 Å². The zero-order valence-electron chi connectivity index (χ0n) is 15.8. The Morgan fingerprint density at radius 2 is 1.62 bits per heavy atom. The maximum Gasteiger partial charge on any atom is 0.363 e. The Bertz CT molecular complexity index is 1070. The summed E-state index contributed by atoms with van der Waals surface area (Å²) in [6.45, 7) is 3.29. The molecule has 0 aliphatic carbocycles. The third kappa shape index (κ3) is 3.84. The van der Waals surface area contributed by atoms with Gasteiger partial charge in [0.2, 0.25) is 10.0 Å². The van der Waals surface area contributed by atoms with Gasteiger partial charge in [0.15, 0.2) is 0 Å². The van der Waals surface area contributed by atoms with Crippen molar-refractivity contribution in [3.63, 3.8) is 0 Å². The number of hydroxylamine groups is 2. The predicted octanol–water partition coefficient (Wildman–Crippen LogP) is 1.75. The monoisotopic (exact) mass is 418 g/mol. The molecule has 2 aromatic rings. The quantitative estimate of drug-likeness (QED) is 0.710. The van der Waals surface area contributed by atoms with E-state index < -0.39 is 33.8 Å². The maximum absolute atomic E-state index is 12.5. The Morgan fingerprint density at radius 1 is 1.03 bits per heavy atom. The summed E-state index contributed by atoms with van der Waals surface area (Å²) < 4.78 is 32.5. The molecular weight excluding hydrogens is 400 g/mol. The molecule has 0 unspecified atom stereocenters. The second kappa shape index (κ2) is 7.64. The summed E-state index contributed by atoms with van der Waals surface area (Å²) >= 11 is 0. The molecule has 2 amide bonds. The second-order valence-corrected chi connectivity index (χ2v) is 8.15. The lowest BCUT2D eigenvalue weighted by Crippen LogP contribution is -2.33. The molecular formula is C19H18N2O7S. The van der Waals surface area contributed by atoms with Crippen molar-refractivity contribution in [3.8, 4) is 5.75 Å². The number of sulfonamides is 1. The van der Waals surface area contributed by atoms with E-state index in [1.165, 1.54) is 31.4 Å². The van der Waals surface area contributed by atoms with Gasteiger partial charge >= 0.3 is 5.97 Å². The van der Waals surface area contributed by atoms with E-state index in [1.807, 2.05) is 0 Å². The van der Waals surface area contributed by atoms with Crippen LogP contribution in [0.1, 0.15) is 44.9 Å². The van der Waals surface area contributed by atoms with Gasteiger partial charge in [-0.25, -0.2) is 17.9 Å². The van der Waals surface area contributed by atoms with Crippen molar-refractivity contribution in [2.45, 2.75) is 24.8 Å². The molecule has 1 aliphatic heterocycles. The van der Waals surface area contributed by atoms with Gasteiger partial charge in [-0.15, -0.1) is 0 Å². The first-order valence-corrected chi connectivity index (χ1v) is 10.0. The molecule has 0 atom stereocenters. The van der Waals surface area contributed by atoms with E-state index in [0.717, 1.165) is 6.07 Å². The van der Waals surface area contributed by atoms with E-state index in [2.05, 4.69) is 4.72 Å². The summed E-state index contributed by atoms with van der Waals surface area (Å²) in [5.41, 5.74) is 0.0559. The molecule has 3 rings (SSSR count). The molecule has 29 heavy (non-hydrogen) atoms. The van der Waals surface area contributed by atoms with Gasteiger partial charge in [-0.05, 0) is 44.2 Å². The number of carbonyl (C=O) groups excluding carboxylic acids is 3. The topological polar surface area (TPSA) is 119 Å². The van der Waals surface area contributed by atoms with Crippen molar-refractivity contribution in [2.24, 2.45) is 0 Å². The van der Waals surface area contributed by atoms with Crippen LogP contribution in [0.15, 0.2) is 47.4 Å². The Balaban J connectivity index is 1.90. The molecule has 0 fully saturated rings. The first-order valence-electron chi connectivity index (χ1n) is 8.56. The van der Waals surface area contributed by atoms with Gasteiger partial charge in [0.1, 0.15) is 10.6 Å². The van der Waals surface area contributed by atoms with Crippen LogP contribution in [0.2, 0.25) is 0 Å². The summed E-state index contributed by atoms with van der Waals surface area (Å²) in [5.74, 6) is -2.60. The fourth-order valence-corrected chi connectivity index (χ4v) is 4.22. The zero-order valence-corrected chi connectivity index (χ0v) is 16.6. The smallest absolute Gasteiger partial charge is 0.363 e. The SMILES string of the molecule is COc1ccc(C(=O)ON2C(=O)c3ccccc3C2=O)cc1S(=O)(=O)NC(C)C. The number of benzene rings is 2. The number of imide groups is 1. The summed E-state index contributed by atoms with van der Waals surface area (Å²) in [5, 5.41) is 0.359. The molecule has 0 bridgehead atoms. The van der Waals surface area contributed by atoms with Crippen molar-refractivity contribution in [2.75, 3.05) is 7.11 Å². The fraction of sp³-hybridized carbons (Fsp3) is 0.211. The summed E-state index contributed by atoms with van der Waals surface area (Å²) in [6.07, 6.45) is 0. The van der Waals surface area contributed by atoms with Crippen LogP contribution in [0.25, 0.3) is 0 Å². The third-order valence-corrected chi connectivity index (χ3v) is 5.69. The summed E-state index contributed by atoms with van der Waals surface area (Å²) in [4.78, 5) is 41.9. The van der Waals surface area contributed by atoms with Crippen molar-refractivity contribution in [1.82, 2.24) is 9.79 Å². The lowest BCUT2D eigenvalue weighted by atomic mass is 10.1. The molecule has 0 aromatic heterocycles. The number of rotatable bonds is 6.